The number of benzene rings is 2. The second-order valence-electron chi connectivity index (χ2n) is 6.02. The molecular formula is C20H16FN7O. The molecule has 0 unspecified atom stereocenters. The smallest absolute Gasteiger partial charge is 0.323 e. The quantitative estimate of drug-likeness (QED) is 0.476. The molecule has 0 fully saturated rings. The Morgan fingerprint density at radius 3 is 2.48 bits per heavy atom. The van der Waals surface area contributed by atoms with Gasteiger partial charge in [0.05, 0.1) is 0 Å². The molecule has 29 heavy (non-hydrogen) atoms. The highest BCUT2D eigenvalue weighted by Gasteiger charge is 2.05. The van der Waals surface area contributed by atoms with Crippen LogP contribution in [0.5, 0.6) is 0 Å². The molecule has 9 heteroatoms. The lowest BCUT2D eigenvalue weighted by Gasteiger charge is -2.10. The van der Waals surface area contributed by atoms with Crippen molar-refractivity contribution < 1.29 is 9.18 Å². The minimum Gasteiger partial charge on any atom is -0.340 e. The molecule has 0 saturated heterocycles. The maximum atomic E-state index is 13.2. The summed E-state index contributed by atoms with van der Waals surface area (Å²) < 4.78 is 15.0. The minimum atomic E-state index is -0.461. The summed E-state index contributed by atoms with van der Waals surface area (Å²) in [6, 6.07) is 14.1. The molecule has 4 aromatic rings. The summed E-state index contributed by atoms with van der Waals surface area (Å²) in [6.45, 7) is 0. The minimum absolute atomic E-state index is 0.373. The number of nitrogens with one attached hydrogen (secondary N) is 3. The average Bonchev–Trinajstić information content (AvgIpc) is 3.25. The van der Waals surface area contributed by atoms with Crippen LogP contribution < -0.4 is 16.0 Å². The van der Waals surface area contributed by atoms with Crippen LogP contribution in [0.1, 0.15) is 0 Å². The number of hydrogen-bond acceptors (Lipinski definition) is 5. The van der Waals surface area contributed by atoms with Gasteiger partial charge in [-0.1, -0.05) is 6.07 Å². The Balaban J connectivity index is 1.38. The third-order valence-electron chi connectivity index (χ3n) is 3.92. The number of aromatic nitrogens is 4. The molecule has 0 spiro atoms. The fourth-order valence-electron chi connectivity index (χ4n) is 2.60. The summed E-state index contributed by atoms with van der Waals surface area (Å²) in [6.07, 6.45) is 6.58. The molecule has 0 aliphatic rings. The third-order valence-corrected chi connectivity index (χ3v) is 3.92. The van der Waals surface area contributed by atoms with Gasteiger partial charge < -0.3 is 16.0 Å². The average molecular weight is 389 g/mol. The van der Waals surface area contributed by atoms with Gasteiger partial charge in [-0.05, 0) is 42.5 Å². The lowest BCUT2D eigenvalue weighted by atomic mass is 10.2. The zero-order valence-electron chi connectivity index (χ0n) is 15.1. The Morgan fingerprint density at radius 2 is 1.72 bits per heavy atom. The van der Waals surface area contributed by atoms with Crippen LogP contribution in [-0.4, -0.2) is 25.6 Å². The number of urea groups is 1. The predicted molar refractivity (Wildman–Crippen MR) is 108 cm³/mol. The molecule has 2 aromatic heterocycles. The van der Waals surface area contributed by atoms with Crippen LogP contribution in [-0.2, 0) is 0 Å². The van der Waals surface area contributed by atoms with Gasteiger partial charge >= 0.3 is 6.03 Å². The number of nitrogens with zero attached hydrogens (tertiary/aromatic N) is 4. The summed E-state index contributed by atoms with van der Waals surface area (Å²) in [5, 5.41) is 8.45. The van der Waals surface area contributed by atoms with Crippen LogP contribution in [0.15, 0.2) is 79.6 Å². The van der Waals surface area contributed by atoms with Crippen molar-refractivity contribution in [2.24, 2.45) is 0 Å². The lowest BCUT2D eigenvalue weighted by molar-refractivity contribution is 0.262. The van der Waals surface area contributed by atoms with Crippen LogP contribution in [0.2, 0.25) is 0 Å². The molecule has 0 bridgehead atoms. The summed E-state index contributed by atoms with van der Waals surface area (Å²) in [5.41, 5.74) is 1.75. The third kappa shape index (κ3) is 4.72. The monoisotopic (exact) mass is 389 g/mol. The summed E-state index contributed by atoms with van der Waals surface area (Å²) >= 11 is 0. The van der Waals surface area contributed by atoms with Gasteiger partial charge in [0.15, 0.2) is 0 Å². The van der Waals surface area contributed by atoms with Gasteiger partial charge in [0.25, 0.3) is 0 Å². The van der Waals surface area contributed by atoms with E-state index in [1.807, 2.05) is 0 Å². The molecular weight excluding hydrogens is 373 g/mol. The molecule has 4 rings (SSSR count). The first-order valence-electron chi connectivity index (χ1n) is 8.67. The zero-order valence-corrected chi connectivity index (χ0v) is 15.1. The molecule has 2 amide bonds. The first kappa shape index (κ1) is 18.1. The molecule has 144 valence electrons. The van der Waals surface area contributed by atoms with Crippen LogP contribution in [0.4, 0.5) is 32.1 Å². The number of carbonyl (C=O) groups excluding carboxylic acids is 1. The van der Waals surface area contributed by atoms with Crippen LogP contribution in [0, 0.1) is 5.82 Å². The predicted octanol–water partition coefficient (Wildman–Crippen LogP) is 4.19. The van der Waals surface area contributed by atoms with Crippen molar-refractivity contribution >= 4 is 28.9 Å². The molecule has 0 saturated carbocycles. The topological polar surface area (TPSA) is 96.8 Å². The van der Waals surface area contributed by atoms with E-state index in [4.69, 9.17) is 0 Å². The van der Waals surface area contributed by atoms with E-state index >= 15 is 0 Å². The molecule has 2 heterocycles. The van der Waals surface area contributed by atoms with E-state index in [1.54, 1.807) is 59.7 Å². The Labute approximate surface area is 165 Å². The maximum absolute atomic E-state index is 13.2. The van der Waals surface area contributed by atoms with Gasteiger partial charge in [0, 0.05) is 35.5 Å². The van der Waals surface area contributed by atoms with E-state index in [-0.39, 0.29) is 0 Å². The lowest BCUT2D eigenvalue weighted by Crippen LogP contribution is -2.19. The van der Waals surface area contributed by atoms with E-state index in [9.17, 15) is 9.18 Å². The molecule has 2 aromatic carbocycles. The Morgan fingerprint density at radius 1 is 0.931 bits per heavy atom. The normalized spacial score (nSPS) is 10.4. The number of carbonyl (C=O) groups is 1. The first-order chi connectivity index (χ1) is 14.2. The van der Waals surface area contributed by atoms with Crippen molar-refractivity contribution in [3.05, 3.63) is 85.5 Å². The van der Waals surface area contributed by atoms with E-state index in [2.05, 4.69) is 30.9 Å². The molecule has 0 atom stereocenters. The number of hydrogen-bond donors (Lipinski definition) is 3. The highest BCUT2D eigenvalue weighted by atomic mass is 19.1. The van der Waals surface area contributed by atoms with Gasteiger partial charge in [-0.3, -0.25) is 4.57 Å². The molecule has 8 nitrogen and oxygen atoms in total. The van der Waals surface area contributed by atoms with Crippen LogP contribution >= 0.6 is 0 Å². The fraction of sp³-hybridized carbons (Fsp3) is 0. The van der Waals surface area contributed by atoms with Gasteiger partial charge in [-0.15, -0.1) is 0 Å². The van der Waals surface area contributed by atoms with Gasteiger partial charge in [0.2, 0.25) is 0 Å². The van der Waals surface area contributed by atoms with Gasteiger partial charge in [0.1, 0.15) is 30.1 Å². The van der Waals surface area contributed by atoms with Crippen molar-refractivity contribution in [2.45, 2.75) is 0 Å². The Kier molecular flexibility index (Phi) is 5.10. The van der Waals surface area contributed by atoms with E-state index in [0.717, 1.165) is 5.69 Å². The van der Waals surface area contributed by atoms with Crippen molar-refractivity contribution in [2.75, 3.05) is 16.0 Å². The summed E-state index contributed by atoms with van der Waals surface area (Å²) in [7, 11) is 0. The number of halogens is 1. The van der Waals surface area contributed by atoms with Crippen molar-refractivity contribution in [1.29, 1.82) is 0 Å². The van der Waals surface area contributed by atoms with Gasteiger partial charge in [-0.25, -0.2) is 24.1 Å². The molecule has 0 radical (unpaired) electrons. The van der Waals surface area contributed by atoms with Crippen LogP contribution in [0.25, 0.3) is 5.82 Å². The standard InChI is InChI=1S/C20H16FN7O/c21-14-2-1-3-17(10-14)27-20(29)26-16-6-4-15(5-7-16)25-18-11-19(24-12-23-18)28-9-8-22-13-28/h1-13H,(H,23,24,25)(H2,26,27,29). The molecule has 3 N–H and O–H groups in total. The number of imidazole rings is 1. The Hall–Kier alpha value is -4.27. The summed E-state index contributed by atoms with van der Waals surface area (Å²) in [5.74, 6) is 0.889. The highest BCUT2D eigenvalue weighted by Crippen LogP contribution is 2.19. The van der Waals surface area contributed by atoms with Crippen LogP contribution in [0.3, 0.4) is 0 Å². The number of amides is 2. The van der Waals surface area contributed by atoms with Crippen molar-refractivity contribution in [3.63, 3.8) is 0 Å². The Bertz CT molecular complexity index is 1110. The second-order valence-corrected chi connectivity index (χ2v) is 6.02. The van der Waals surface area contributed by atoms with E-state index in [0.29, 0.717) is 23.0 Å². The fourth-order valence-corrected chi connectivity index (χ4v) is 2.60. The van der Waals surface area contributed by atoms with E-state index < -0.39 is 11.8 Å². The SMILES string of the molecule is O=C(Nc1ccc(Nc2cc(-n3ccnc3)ncn2)cc1)Nc1cccc(F)c1. The number of anilines is 4. The second kappa shape index (κ2) is 8.17. The molecule has 0 aliphatic heterocycles. The van der Waals surface area contributed by atoms with E-state index in [1.165, 1.54) is 24.5 Å². The molecule has 0 aliphatic carbocycles. The van der Waals surface area contributed by atoms with Crippen molar-refractivity contribution in [3.8, 4) is 5.82 Å². The van der Waals surface area contributed by atoms with Gasteiger partial charge in [-0.2, -0.15) is 0 Å². The van der Waals surface area contributed by atoms with Crippen molar-refractivity contribution in [1.82, 2.24) is 19.5 Å². The number of rotatable bonds is 5. The first-order valence-corrected chi connectivity index (χ1v) is 8.67. The highest BCUT2D eigenvalue weighted by molar-refractivity contribution is 5.99. The summed E-state index contributed by atoms with van der Waals surface area (Å²) in [4.78, 5) is 24.4. The largest absolute Gasteiger partial charge is 0.340 e. The zero-order chi connectivity index (χ0) is 20.1. The maximum Gasteiger partial charge on any atom is 0.323 e.